The van der Waals surface area contributed by atoms with Crippen LogP contribution in [0.15, 0.2) is 58.5 Å². The zero-order chi connectivity index (χ0) is 22.8. The van der Waals surface area contributed by atoms with Crippen molar-refractivity contribution in [1.29, 1.82) is 5.26 Å². The molecule has 9 heteroatoms. The molecule has 164 valence electrons. The molecule has 0 radical (unpaired) electrons. The second kappa shape index (κ2) is 8.63. The molecule has 2 aromatic rings. The zero-order valence-corrected chi connectivity index (χ0v) is 18.0. The molecule has 0 saturated carbocycles. The fourth-order valence-corrected chi connectivity index (χ4v) is 4.56. The molecule has 1 aliphatic heterocycles. The Bertz CT molecular complexity index is 1140. The number of piperazine rings is 1. The van der Waals surface area contributed by atoms with Gasteiger partial charge in [0, 0.05) is 38.1 Å². The molecule has 0 spiro atoms. The number of nitrogens with zero attached hydrogens (tertiary/aromatic N) is 3. The first kappa shape index (κ1) is 22.7. The Labute approximate surface area is 179 Å². The first-order valence-corrected chi connectivity index (χ1v) is 11.1. The minimum Gasteiger partial charge on any atom is -0.372 e. The number of hydrogen-bond acceptors (Lipinski definition) is 5. The molecule has 3 rings (SSSR count). The molecule has 0 bridgehead atoms. The van der Waals surface area contributed by atoms with E-state index in [1.54, 1.807) is 36.1 Å². The van der Waals surface area contributed by atoms with Crippen LogP contribution in [0.2, 0.25) is 0 Å². The number of sulfone groups is 1. The number of aryl methyl sites for hydroxylation is 2. The van der Waals surface area contributed by atoms with Crippen molar-refractivity contribution in [2.75, 3.05) is 31.1 Å². The second-order valence-electron chi connectivity index (χ2n) is 7.43. The zero-order valence-electron chi connectivity index (χ0n) is 17.1. The molecule has 0 atom stereocenters. The van der Waals surface area contributed by atoms with Gasteiger partial charge in [-0.3, -0.25) is 0 Å². The van der Waals surface area contributed by atoms with Crippen LogP contribution < -0.4 is 4.90 Å². The number of anilines is 1. The van der Waals surface area contributed by atoms with Crippen LogP contribution >= 0.6 is 0 Å². The van der Waals surface area contributed by atoms with Crippen LogP contribution in [-0.4, -0.2) is 39.5 Å². The molecule has 2 aromatic carbocycles. The van der Waals surface area contributed by atoms with Crippen molar-refractivity contribution in [2.24, 2.45) is 0 Å². The molecule has 0 aromatic heterocycles. The molecule has 0 aliphatic carbocycles. The Morgan fingerprint density at radius 1 is 1.03 bits per heavy atom. The van der Waals surface area contributed by atoms with Gasteiger partial charge in [0.2, 0.25) is 9.84 Å². The highest BCUT2D eigenvalue weighted by atomic mass is 32.2. The predicted molar refractivity (Wildman–Crippen MR) is 112 cm³/mol. The Kier molecular flexibility index (Phi) is 6.32. The standard InChI is InChI=1S/C22H22F3N3O2S/c1-16-6-7-20(12-17(16)2)31(29,30)21(14-26)15-27-8-10-28(11-9-27)19-5-3-4-18(13-19)22(23,24)25/h3-7,12-13,15H,8-11H2,1-2H3/b21-15+. The summed E-state index contributed by atoms with van der Waals surface area (Å²) in [4.78, 5) is 3.22. The minimum absolute atomic E-state index is 0.0611. The van der Waals surface area contributed by atoms with Gasteiger partial charge in [-0.05, 0) is 55.3 Å². The first-order chi connectivity index (χ1) is 14.5. The molecule has 1 heterocycles. The van der Waals surface area contributed by atoms with Crippen LogP contribution in [0.25, 0.3) is 0 Å². The summed E-state index contributed by atoms with van der Waals surface area (Å²) >= 11 is 0. The summed E-state index contributed by atoms with van der Waals surface area (Å²) < 4.78 is 64.6. The van der Waals surface area contributed by atoms with Gasteiger partial charge in [-0.1, -0.05) is 12.1 Å². The minimum atomic E-state index is -4.41. The molecule has 0 unspecified atom stereocenters. The van der Waals surface area contributed by atoms with Crippen LogP contribution in [0, 0.1) is 25.2 Å². The maximum Gasteiger partial charge on any atom is 0.416 e. The lowest BCUT2D eigenvalue weighted by Crippen LogP contribution is -2.44. The topological polar surface area (TPSA) is 64.4 Å². The van der Waals surface area contributed by atoms with E-state index in [9.17, 15) is 26.9 Å². The van der Waals surface area contributed by atoms with Crippen LogP contribution in [0.4, 0.5) is 18.9 Å². The molecule has 5 nitrogen and oxygen atoms in total. The van der Waals surface area contributed by atoms with E-state index >= 15 is 0 Å². The Balaban J connectivity index is 1.75. The van der Waals surface area contributed by atoms with Gasteiger partial charge in [0.15, 0.2) is 4.91 Å². The Morgan fingerprint density at radius 3 is 2.29 bits per heavy atom. The molecule has 1 aliphatic rings. The first-order valence-electron chi connectivity index (χ1n) is 9.63. The number of allylic oxidation sites excluding steroid dienone is 1. The summed E-state index contributed by atoms with van der Waals surface area (Å²) in [6, 6.07) is 11.6. The maximum atomic E-state index is 13.0. The molecule has 1 fully saturated rings. The number of alkyl halides is 3. The van der Waals surface area contributed by atoms with Crippen LogP contribution in [0.1, 0.15) is 16.7 Å². The summed E-state index contributed by atoms with van der Waals surface area (Å²) in [6.45, 7) is 5.24. The monoisotopic (exact) mass is 449 g/mol. The highest BCUT2D eigenvalue weighted by Gasteiger charge is 2.31. The van der Waals surface area contributed by atoms with Crippen molar-refractivity contribution in [3.05, 3.63) is 70.3 Å². The molecular formula is C22H22F3N3O2S. The van der Waals surface area contributed by atoms with Gasteiger partial charge in [-0.2, -0.15) is 18.4 Å². The number of benzene rings is 2. The third-order valence-electron chi connectivity index (χ3n) is 5.34. The molecule has 31 heavy (non-hydrogen) atoms. The van der Waals surface area contributed by atoms with E-state index in [0.717, 1.165) is 23.3 Å². The highest BCUT2D eigenvalue weighted by Crippen LogP contribution is 2.32. The van der Waals surface area contributed by atoms with Crippen molar-refractivity contribution in [1.82, 2.24) is 4.90 Å². The fraction of sp³-hybridized carbons (Fsp3) is 0.318. The van der Waals surface area contributed by atoms with Gasteiger partial charge < -0.3 is 9.80 Å². The lowest BCUT2D eigenvalue weighted by molar-refractivity contribution is -0.137. The van der Waals surface area contributed by atoms with Crippen molar-refractivity contribution in [2.45, 2.75) is 24.9 Å². The van der Waals surface area contributed by atoms with Crippen LogP contribution in [-0.2, 0) is 16.0 Å². The number of rotatable bonds is 4. The SMILES string of the molecule is Cc1ccc(S(=O)(=O)/C(C#N)=C/N2CCN(c3cccc(C(F)(F)F)c3)CC2)cc1C. The van der Waals surface area contributed by atoms with Gasteiger partial charge in [0.25, 0.3) is 0 Å². The normalized spacial score (nSPS) is 15.7. The lowest BCUT2D eigenvalue weighted by atomic mass is 10.1. The van der Waals surface area contributed by atoms with Gasteiger partial charge in [0.1, 0.15) is 6.07 Å². The van der Waals surface area contributed by atoms with E-state index in [1.807, 2.05) is 11.8 Å². The van der Waals surface area contributed by atoms with Gasteiger partial charge in [0.05, 0.1) is 10.5 Å². The van der Waals surface area contributed by atoms with Gasteiger partial charge in [-0.25, -0.2) is 8.42 Å². The van der Waals surface area contributed by atoms with Crippen molar-refractivity contribution in [3.63, 3.8) is 0 Å². The molecular weight excluding hydrogens is 427 g/mol. The van der Waals surface area contributed by atoms with E-state index < -0.39 is 21.6 Å². The second-order valence-corrected chi connectivity index (χ2v) is 9.34. The summed E-state index contributed by atoms with van der Waals surface area (Å²) in [5, 5.41) is 9.47. The van der Waals surface area contributed by atoms with Crippen molar-refractivity contribution in [3.8, 4) is 6.07 Å². The van der Waals surface area contributed by atoms with E-state index in [4.69, 9.17) is 0 Å². The quantitative estimate of drug-likeness (QED) is 0.652. The summed E-state index contributed by atoms with van der Waals surface area (Å²) in [5.74, 6) is 0. The van der Waals surface area contributed by atoms with E-state index in [-0.39, 0.29) is 9.80 Å². The fourth-order valence-electron chi connectivity index (χ4n) is 3.32. The third kappa shape index (κ3) is 5.02. The highest BCUT2D eigenvalue weighted by molar-refractivity contribution is 7.95. The predicted octanol–water partition coefficient (Wildman–Crippen LogP) is 4.28. The van der Waals surface area contributed by atoms with E-state index in [2.05, 4.69) is 0 Å². The summed E-state index contributed by atoms with van der Waals surface area (Å²) in [7, 11) is -3.96. The summed E-state index contributed by atoms with van der Waals surface area (Å²) in [5.41, 5.74) is 1.51. The van der Waals surface area contributed by atoms with Gasteiger partial charge in [-0.15, -0.1) is 0 Å². The maximum absolute atomic E-state index is 13.0. The number of nitriles is 1. The van der Waals surface area contributed by atoms with Crippen molar-refractivity contribution >= 4 is 15.5 Å². The number of hydrogen-bond donors (Lipinski definition) is 0. The van der Waals surface area contributed by atoms with Crippen molar-refractivity contribution < 1.29 is 21.6 Å². The van der Waals surface area contributed by atoms with Crippen LogP contribution in [0.3, 0.4) is 0 Å². The molecule has 0 N–H and O–H groups in total. The van der Waals surface area contributed by atoms with Crippen LogP contribution in [0.5, 0.6) is 0 Å². The molecule has 0 amide bonds. The third-order valence-corrected chi connectivity index (χ3v) is 6.99. The van der Waals surface area contributed by atoms with Gasteiger partial charge >= 0.3 is 6.18 Å². The molecule has 1 saturated heterocycles. The number of halogens is 3. The van der Waals surface area contributed by atoms with E-state index in [0.29, 0.717) is 31.9 Å². The summed E-state index contributed by atoms with van der Waals surface area (Å²) in [6.07, 6.45) is -3.08. The van der Waals surface area contributed by atoms with E-state index in [1.165, 1.54) is 18.3 Å². The average Bonchev–Trinajstić information content (AvgIpc) is 2.73. The Hall–Kier alpha value is -2.99. The Morgan fingerprint density at radius 2 is 1.71 bits per heavy atom. The average molecular weight is 449 g/mol. The smallest absolute Gasteiger partial charge is 0.372 e. The largest absolute Gasteiger partial charge is 0.416 e. The lowest BCUT2D eigenvalue weighted by Gasteiger charge is -2.35.